The number of primary sulfonamides is 1. The molecule has 0 amide bonds. The van der Waals surface area contributed by atoms with Gasteiger partial charge in [-0.25, -0.2) is 26.8 Å². The van der Waals surface area contributed by atoms with Crippen LogP contribution in [0.2, 0.25) is 0 Å². The number of carbonyl (C=O) groups is 1. The van der Waals surface area contributed by atoms with Crippen LogP contribution in [0.4, 0.5) is 5.69 Å². The summed E-state index contributed by atoms with van der Waals surface area (Å²) in [5.41, 5.74) is -0.288. The first-order valence-electron chi connectivity index (χ1n) is 8.61. The molecule has 0 saturated carbocycles. The molecule has 1 aliphatic heterocycles. The molecule has 2 aromatic carbocycles. The van der Waals surface area contributed by atoms with Gasteiger partial charge in [-0.3, -0.25) is 0 Å². The number of piperidine rings is 1. The fourth-order valence-electron chi connectivity index (χ4n) is 3.28. The number of anilines is 1. The van der Waals surface area contributed by atoms with Crippen LogP contribution < -0.4 is 10.0 Å². The van der Waals surface area contributed by atoms with Crippen LogP contribution in [-0.2, 0) is 19.9 Å². The lowest BCUT2D eigenvalue weighted by atomic mass is 10.1. The molecule has 0 unspecified atom stereocenters. The Morgan fingerprint density at radius 2 is 1.57 bits per heavy atom. The molecule has 3 rings (SSSR count). The second-order valence-electron chi connectivity index (χ2n) is 6.54. The Hall–Kier alpha value is -2.43. The maximum atomic E-state index is 13.4. The van der Waals surface area contributed by atoms with Crippen molar-refractivity contribution in [3.8, 4) is 0 Å². The van der Waals surface area contributed by atoms with Crippen LogP contribution in [0.1, 0.15) is 29.6 Å². The van der Waals surface area contributed by atoms with Crippen LogP contribution in [0.25, 0.3) is 0 Å². The van der Waals surface area contributed by atoms with Gasteiger partial charge in [-0.2, -0.15) is 0 Å². The third-order valence-electron chi connectivity index (χ3n) is 4.61. The average molecular weight is 425 g/mol. The monoisotopic (exact) mass is 424 g/mol. The number of hydrogen-bond acceptors (Lipinski definition) is 6. The Morgan fingerprint density at radius 3 is 2.11 bits per heavy atom. The van der Waals surface area contributed by atoms with E-state index in [0.717, 1.165) is 25.3 Å². The van der Waals surface area contributed by atoms with E-state index < -0.39 is 35.6 Å². The van der Waals surface area contributed by atoms with Crippen molar-refractivity contribution >= 4 is 31.5 Å². The van der Waals surface area contributed by atoms with E-state index in [1.807, 2.05) is 0 Å². The number of sulfone groups is 1. The van der Waals surface area contributed by atoms with E-state index in [1.54, 1.807) is 11.0 Å². The Labute approximate surface area is 163 Å². The predicted octanol–water partition coefficient (Wildman–Crippen LogP) is 1.86. The molecule has 0 spiro atoms. The Balaban J connectivity index is 2.39. The highest BCUT2D eigenvalue weighted by Gasteiger charge is 2.33. The van der Waals surface area contributed by atoms with Crippen LogP contribution in [0.15, 0.2) is 57.2 Å². The minimum absolute atomic E-state index is 0.0486. The summed E-state index contributed by atoms with van der Waals surface area (Å²) in [6.45, 7) is 0.981. The molecule has 28 heavy (non-hydrogen) atoms. The van der Waals surface area contributed by atoms with Crippen molar-refractivity contribution < 1.29 is 26.7 Å². The number of sulfonamides is 1. The van der Waals surface area contributed by atoms with E-state index in [1.165, 1.54) is 30.3 Å². The zero-order valence-electron chi connectivity index (χ0n) is 14.9. The fraction of sp³-hybridized carbons (Fsp3) is 0.278. The van der Waals surface area contributed by atoms with Crippen LogP contribution in [0.5, 0.6) is 0 Å². The molecule has 0 atom stereocenters. The second-order valence-corrected chi connectivity index (χ2v) is 9.95. The van der Waals surface area contributed by atoms with Gasteiger partial charge in [0, 0.05) is 13.1 Å². The third kappa shape index (κ3) is 3.89. The summed E-state index contributed by atoms with van der Waals surface area (Å²) in [5.74, 6) is -1.37. The highest BCUT2D eigenvalue weighted by atomic mass is 32.2. The first-order chi connectivity index (χ1) is 13.1. The molecule has 2 aromatic rings. The number of benzene rings is 2. The molecule has 0 bridgehead atoms. The summed E-state index contributed by atoms with van der Waals surface area (Å²) < 4.78 is 51.2. The molecule has 10 heteroatoms. The fourth-order valence-corrected chi connectivity index (χ4v) is 6.15. The quantitative estimate of drug-likeness (QED) is 0.748. The van der Waals surface area contributed by atoms with Crippen LogP contribution in [0.3, 0.4) is 0 Å². The van der Waals surface area contributed by atoms with Gasteiger partial charge in [0.15, 0.2) is 0 Å². The van der Waals surface area contributed by atoms with Crippen molar-refractivity contribution in [3.05, 3.63) is 48.0 Å². The molecule has 8 nitrogen and oxygen atoms in total. The first-order valence-corrected chi connectivity index (χ1v) is 11.6. The standard InChI is InChI=1S/C18H20N2O6S2/c19-28(25,26)16-12-13(18(21)22)11-15(20-9-5-2-6-10-20)17(16)27(23,24)14-7-3-1-4-8-14/h1,3-4,7-8,11-12H,2,5-6,9-10H2,(H,21,22)(H2,19,25,26). The summed E-state index contributed by atoms with van der Waals surface area (Å²) in [5, 5.41) is 14.7. The van der Waals surface area contributed by atoms with Gasteiger partial charge in [-0.15, -0.1) is 0 Å². The van der Waals surface area contributed by atoms with Crippen molar-refractivity contribution in [2.24, 2.45) is 5.14 Å². The first kappa shape index (κ1) is 20.3. The second kappa shape index (κ2) is 7.53. The van der Waals surface area contributed by atoms with Gasteiger partial charge in [-0.1, -0.05) is 18.2 Å². The zero-order chi connectivity index (χ0) is 20.5. The highest BCUT2D eigenvalue weighted by molar-refractivity contribution is 7.93. The van der Waals surface area contributed by atoms with Crippen LogP contribution >= 0.6 is 0 Å². The van der Waals surface area contributed by atoms with Gasteiger partial charge >= 0.3 is 5.97 Å². The van der Waals surface area contributed by atoms with Crippen molar-refractivity contribution in [1.82, 2.24) is 0 Å². The lowest BCUT2D eigenvalue weighted by Gasteiger charge is -2.31. The third-order valence-corrected chi connectivity index (χ3v) is 7.53. The molecular formula is C18H20N2O6S2. The van der Waals surface area contributed by atoms with Crippen molar-refractivity contribution in [2.75, 3.05) is 18.0 Å². The smallest absolute Gasteiger partial charge is 0.335 e. The number of nitrogens with two attached hydrogens (primary N) is 1. The number of carboxylic acid groups (broad SMARTS) is 1. The molecule has 0 aliphatic carbocycles. The molecular weight excluding hydrogens is 404 g/mol. The van der Waals surface area contributed by atoms with E-state index >= 15 is 0 Å². The minimum atomic E-state index is -4.51. The molecule has 3 N–H and O–H groups in total. The van der Waals surface area contributed by atoms with E-state index in [-0.39, 0.29) is 16.1 Å². The van der Waals surface area contributed by atoms with Gasteiger partial charge in [0.2, 0.25) is 19.9 Å². The summed E-state index contributed by atoms with van der Waals surface area (Å²) in [6, 6.07) is 9.41. The van der Waals surface area contributed by atoms with Crippen LogP contribution in [-0.4, -0.2) is 41.0 Å². The summed E-state index contributed by atoms with van der Waals surface area (Å²) in [6.07, 6.45) is 2.53. The molecule has 0 aromatic heterocycles. The number of rotatable bonds is 5. The molecule has 0 radical (unpaired) electrons. The number of aromatic carboxylic acids is 1. The maximum absolute atomic E-state index is 13.4. The molecule has 1 heterocycles. The lowest BCUT2D eigenvalue weighted by molar-refractivity contribution is 0.0696. The Morgan fingerprint density at radius 1 is 0.964 bits per heavy atom. The molecule has 1 aliphatic rings. The number of nitrogens with zero attached hydrogens (tertiary/aromatic N) is 1. The molecule has 1 saturated heterocycles. The van der Waals surface area contributed by atoms with Crippen molar-refractivity contribution in [1.29, 1.82) is 0 Å². The Bertz CT molecular complexity index is 1110. The van der Waals surface area contributed by atoms with Gasteiger partial charge in [-0.05, 0) is 43.5 Å². The van der Waals surface area contributed by atoms with E-state index in [0.29, 0.717) is 13.1 Å². The van der Waals surface area contributed by atoms with Gasteiger partial charge < -0.3 is 10.0 Å². The number of carboxylic acids is 1. The van der Waals surface area contributed by atoms with Gasteiger partial charge in [0.05, 0.1) is 16.1 Å². The maximum Gasteiger partial charge on any atom is 0.335 e. The highest BCUT2D eigenvalue weighted by Crippen LogP contribution is 2.37. The zero-order valence-corrected chi connectivity index (χ0v) is 16.5. The summed E-state index contributed by atoms with van der Waals surface area (Å²) in [7, 11) is -8.78. The van der Waals surface area contributed by atoms with Gasteiger partial charge in [0.25, 0.3) is 0 Å². The van der Waals surface area contributed by atoms with Gasteiger partial charge in [0.1, 0.15) is 9.79 Å². The number of hydrogen-bond donors (Lipinski definition) is 2. The van der Waals surface area contributed by atoms with Crippen molar-refractivity contribution in [3.63, 3.8) is 0 Å². The summed E-state index contributed by atoms with van der Waals surface area (Å²) >= 11 is 0. The topological polar surface area (TPSA) is 135 Å². The van der Waals surface area contributed by atoms with Crippen molar-refractivity contribution in [2.45, 2.75) is 33.9 Å². The Kier molecular flexibility index (Phi) is 5.46. The van der Waals surface area contributed by atoms with E-state index in [4.69, 9.17) is 5.14 Å². The summed E-state index contributed by atoms with van der Waals surface area (Å²) in [4.78, 5) is 12.0. The average Bonchev–Trinajstić information content (AvgIpc) is 2.67. The largest absolute Gasteiger partial charge is 0.478 e. The molecule has 1 fully saturated rings. The minimum Gasteiger partial charge on any atom is -0.478 e. The molecule has 150 valence electrons. The van der Waals surface area contributed by atoms with Crippen LogP contribution in [0, 0.1) is 0 Å². The van der Waals surface area contributed by atoms with E-state index in [2.05, 4.69) is 0 Å². The predicted molar refractivity (Wildman–Crippen MR) is 103 cm³/mol. The normalized spacial score (nSPS) is 15.4. The van der Waals surface area contributed by atoms with E-state index in [9.17, 15) is 26.7 Å². The lowest BCUT2D eigenvalue weighted by Crippen LogP contribution is -2.32. The SMILES string of the molecule is NS(=O)(=O)c1cc(C(=O)O)cc(N2CCCCC2)c1S(=O)(=O)c1ccccc1.